The predicted octanol–water partition coefficient (Wildman–Crippen LogP) is 0.00490. The Morgan fingerprint density at radius 1 is 1.73 bits per heavy atom. The monoisotopic (exact) mass is 225 g/mol. The highest BCUT2D eigenvalue weighted by Gasteiger charge is 1.96. The maximum Gasteiger partial charge on any atom is 0.0778 e. The molecule has 0 aliphatic rings. The SMILES string of the molecule is C=C(C)[O-].OC[C@@H](O)CCBr. The van der Waals surface area contributed by atoms with Crippen molar-refractivity contribution in [3.8, 4) is 0 Å². The fourth-order valence-corrected chi connectivity index (χ4v) is 0.746. The van der Waals surface area contributed by atoms with E-state index >= 15 is 0 Å². The Balaban J connectivity index is 0. The number of rotatable bonds is 3. The Hall–Kier alpha value is -0.0600. The van der Waals surface area contributed by atoms with Gasteiger partial charge in [-0.2, -0.15) is 0 Å². The lowest BCUT2D eigenvalue weighted by atomic mass is 10.3. The number of allylic oxidation sites excluding steroid dienone is 1. The number of halogens is 1. The molecule has 0 aliphatic heterocycles. The van der Waals surface area contributed by atoms with Gasteiger partial charge < -0.3 is 15.3 Å². The van der Waals surface area contributed by atoms with E-state index < -0.39 is 6.10 Å². The summed E-state index contributed by atoms with van der Waals surface area (Å²) in [5.41, 5.74) is 0. The molecule has 0 saturated carbocycles. The van der Waals surface area contributed by atoms with E-state index in [2.05, 4.69) is 22.5 Å². The molecule has 0 rings (SSSR count). The van der Waals surface area contributed by atoms with E-state index in [1.165, 1.54) is 6.92 Å². The summed E-state index contributed by atoms with van der Waals surface area (Å²) in [6.45, 7) is 4.28. The minimum absolute atomic E-state index is 0.0833. The molecule has 0 aliphatic carbocycles. The lowest BCUT2D eigenvalue weighted by molar-refractivity contribution is -0.300. The van der Waals surface area contributed by atoms with Crippen molar-refractivity contribution in [1.82, 2.24) is 0 Å². The number of aliphatic hydroxyl groups is 2. The number of aliphatic hydroxyl groups excluding tert-OH is 2. The summed E-state index contributed by atoms with van der Waals surface area (Å²) in [5.74, 6) is -0.0833. The van der Waals surface area contributed by atoms with Gasteiger partial charge in [0.15, 0.2) is 0 Å². The summed E-state index contributed by atoms with van der Waals surface area (Å²) in [4.78, 5) is 0. The summed E-state index contributed by atoms with van der Waals surface area (Å²) in [6, 6.07) is 0. The first-order valence-corrected chi connectivity index (χ1v) is 4.34. The van der Waals surface area contributed by atoms with E-state index in [-0.39, 0.29) is 12.4 Å². The molecule has 11 heavy (non-hydrogen) atoms. The third-order valence-corrected chi connectivity index (χ3v) is 1.11. The van der Waals surface area contributed by atoms with Crippen LogP contribution in [0, 0.1) is 0 Å². The van der Waals surface area contributed by atoms with Crippen LogP contribution in [0.15, 0.2) is 12.3 Å². The molecule has 0 unspecified atom stereocenters. The Morgan fingerprint density at radius 2 is 2.09 bits per heavy atom. The van der Waals surface area contributed by atoms with Gasteiger partial charge in [0.05, 0.1) is 12.7 Å². The molecule has 0 fully saturated rings. The molecule has 1 atom stereocenters. The molecular formula is C7H14BrO3-. The van der Waals surface area contributed by atoms with Gasteiger partial charge in [0.25, 0.3) is 0 Å². The molecule has 0 heterocycles. The van der Waals surface area contributed by atoms with Crippen molar-refractivity contribution >= 4 is 15.9 Å². The number of alkyl halides is 1. The summed E-state index contributed by atoms with van der Waals surface area (Å²) in [5, 5.41) is 26.9. The third kappa shape index (κ3) is 25.7. The van der Waals surface area contributed by atoms with Gasteiger partial charge in [0.1, 0.15) is 0 Å². The second kappa shape index (κ2) is 9.94. The van der Waals surface area contributed by atoms with Gasteiger partial charge in [0.2, 0.25) is 0 Å². The van der Waals surface area contributed by atoms with E-state index in [9.17, 15) is 5.11 Å². The Kier molecular flexibility index (Phi) is 12.2. The van der Waals surface area contributed by atoms with Crippen LogP contribution in [0.3, 0.4) is 0 Å². The fourth-order valence-electron chi connectivity index (χ4n) is 0.217. The summed E-state index contributed by atoms with van der Waals surface area (Å²) >= 11 is 3.12. The van der Waals surface area contributed by atoms with Gasteiger partial charge in [-0.3, -0.25) is 0 Å². The van der Waals surface area contributed by atoms with Crippen LogP contribution < -0.4 is 5.11 Å². The van der Waals surface area contributed by atoms with Crippen molar-refractivity contribution in [1.29, 1.82) is 0 Å². The van der Waals surface area contributed by atoms with Crippen LogP contribution in [0.5, 0.6) is 0 Å². The average molecular weight is 226 g/mol. The summed E-state index contributed by atoms with van der Waals surface area (Å²) < 4.78 is 0. The molecule has 0 radical (unpaired) electrons. The quantitative estimate of drug-likeness (QED) is 0.526. The van der Waals surface area contributed by atoms with Crippen LogP contribution >= 0.6 is 15.9 Å². The van der Waals surface area contributed by atoms with Crippen LogP contribution in [0.1, 0.15) is 13.3 Å². The highest BCUT2D eigenvalue weighted by molar-refractivity contribution is 9.09. The second-order valence-electron chi connectivity index (χ2n) is 2.02. The first-order chi connectivity index (χ1) is 5.04. The summed E-state index contributed by atoms with van der Waals surface area (Å²) in [7, 11) is 0. The Morgan fingerprint density at radius 3 is 2.18 bits per heavy atom. The molecule has 4 heteroatoms. The van der Waals surface area contributed by atoms with Crippen molar-refractivity contribution in [2.75, 3.05) is 11.9 Å². The van der Waals surface area contributed by atoms with Gasteiger partial charge in [0, 0.05) is 5.33 Å². The van der Waals surface area contributed by atoms with Gasteiger partial charge in [-0.1, -0.05) is 22.9 Å². The highest BCUT2D eigenvalue weighted by Crippen LogP contribution is 1.92. The van der Waals surface area contributed by atoms with Crippen molar-refractivity contribution < 1.29 is 15.3 Å². The van der Waals surface area contributed by atoms with Crippen LogP contribution in [-0.4, -0.2) is 28.3 Å². The summed E-state index contributed by atoms with van der Waals surface area (Å²) in [6.07, 6.45) is 0.0793. The predicted molar refractivity (Wildman–Crippen MR) is 46.3 cm³/mol. The molecule has 3 nitrogen and oxygen atoms in total. The van der Waals surface area contributed by atoms with Crippen molar-refractivity contribution in [3.05, 3.63) is 12.3 Å². The minimum Gasteiger partial charge on any atom is -0.876 e. The molecular weight excluding hydrogens is 212 g/mol. The maximum absolute atomic E-state index is 9.33. The van der Waals surface area contributed by atoms with E-state index in [1.54, 1.807) is 0 Å². The van der Waals surface area contributed by atoms with Crippen molar-refractivity contribution in [2.45, 2.75) is 19.4 Å². The first-order valence-electron chi connectivity index (χ1n) is 3.22. The number of hydrogen-bond acceptors (Lipinski definition) is 3. The molecule has 2 N–H and O–H groups in total. The fraction of sp³-hybridized carbons (Fsp3) is 0.714. The molecule has 0 saturated heterocycles. The largest absolute Gasteiger partial charge is 0.876 e. The standard InChI is InChI=1S/C4H9BrO2.C3H6O/c5-2-1-4(7)3-6;1-3(2)4/h4,6-7H,1-3H2;4H,1H2,2H3/p-1/t4-;/m0./s1. The smallest absolute Gasteiger partial charge is 0.0778 e. The zero-order valence-corrected chi connectivity index (χ0v) is 8.17. The van der Waals surface area contributed by atoms with Gasteiger partial charge in [-0.15, -0.1) is 12.3 Å². The Labute approximate surface area is 75.5 Å². The van der Waals surface area contributed by atoms with Gasteiger partial charge >= 0.3 is 0 Å². The zero-order chi connectivity index (χ0) is 9.28. The van der Waals surface area contributed by atoms with E-state index in [4.69, 9.17) is 10.2 Å². The van der Waals surface area contributed by atoms with Gasteiger partial charge in [-0.25, -0.2) is 0 Å². The Bertz CT molecular complexity index is 91.7. The molecule has 0 bridgehead atoms. The lowest BCUT2D eigenvalue weighted by Gasteiger charge is -2.00. The molecule has 0 aromatic carbocycles. The molecule has 0 aromatic rings. The zero-order valence-electron chi connectivity index (χ0n) is 6.59. The molecule has 0 aromatic heterocycles. The molecule has 0 spiro atoms. The average Bonchev–Trinajstić information content (AvgIpc) is 1.87. The van der Waals surface area contributed by atoms with Crippen LogP contribution in [0.25, 0.3) is 0 Å². The number of hydrogen-bond donors (Lipinski definition) is 2. The molecule has 0 amide bonds. The van der Waals surface area contributed by atoms with Crippen LogP contribution in [-0.2, 0) is 0 Å². The lowest BCUT2D eigenvalue weighted by Crippen LogP contribution is -2.11. The third-order valence-electron chi connectivity index (χ3n) is 0.653. The van der Waals surface area contributed by atoms with E-state index in [0.29, 0.717) is 6.42 Å². The van der Waals surface area contributed by atoms with Crippen molar-refractivity contribution in [3.63, 3.8) is 0 Å². The highest BCUT2D eigenvalue weighted by atomic mass is 79.9. The van der Waals surface area contributed by atoms with Gasteiger partial charge in [-0.05, 0) is 6.42 Å². The first kappa shape index (κ1) is 13.5. The molecule has 68 valence electrons. The van der Waals surface area contributed by atoms with E-state index in [1.807, 2.05) is 0 Å². The van der Waals surface area contributed by atoms with E-state index in [0.717, 1.165) is 5.33 Å². The maximum atomic E-state index is 9.33. The second-order valence-corrected chi connectivity index (χ2v) is 2.81. The van der Waals surface area contributed by atoms with Crippen LogP contribution in [0.2, 0.25) is 0 Å². The van der Waals surface area contributed by atoms with Crippen molar-refractivity contribution in [2.24, 2.45) is 0 Å². The normalized spacial score (nSPS) is 11.3. The minimum atomic E-state index is -0.542. The topological polar surface area (TPSA) is 63.5 Å². The van der Waals surface area contributed by atoms with Crippen LogP contribution in [0.4, 0.5) is 0 Å².